The van der Waals surface area contributed by atoms with Gasteiger partial charge >= 0.3 is 6.09 Å². The van der Waals surface area contributed by atoms with Crippen LogP contribution in [0.4, 0.5) is 4.79 Å². The summed E-state index contributed by atoms with van der Waals surface area (Å²) in [4.78, 5) is 28.8. The molecule has 2 rings (SSSR count). The molecule has 1 N–H and O–H groups in total. The van der Waals surface area contributed by atoms with E-state index in [0.717, 1.165) is 29.0 Å². The van der Waals surface area contributed by atoms with E-state index in [1.54, 1.807) is 12.0 Å². The zero-order valence-corrected chi connectivity index (χ0v) is 20.7. The van der Waals surface area contributed by atoms with Gasteiger partial charge in [0.2, 0.25) is 0 Å². The lowest BCUT2D eigenvalue weighted by Crippen LogP contribution is -2.54. The van der Waals surface area contributed by atoms with E-state index in [1.807, 2.05) is 53.8 Å². The first kappa shape index (κ1) is 25.7. The molecule has 1 saturated heterocycles. The van der Waals surface area contributed by atoms with Crippen molar-refractivity contribution < 1.29 is 19.1 Å². The van der Waals surface area contributed by atoms with Gasteiger partial charge in [0, 0.05) is 63.2 Å². The summed E-state index contributed by atoms with van der Waals surface area (Å²) in [6, 6.07) is 3.73. The first-order valence-electron chi connectivity index (χ1n) is 11.3. The number of hydrogen-bond acceptors (Lipinski definition) is 5. The number of nitrogens with zero attached hydrogens (tertiary/aromatic N) is 2. The molecule has 2 amide bonds. The van der Waals surface area contributed by atoms with Gasteiger partial charge in [-0.3, -0.25) is 4.79 Å². The van der Waals surface area contributed by atoms with Crippen molar-refractivity contribution in [2.75, 3.05) is 40.3 Å². The highest BCUT2D eigenvalue weighted by Gasteiger charge is 2.33. The van der Waals surface area contributed by atoms with Crippen molar-refractivity contribution in [2.45, 2.75) is 52.7 Å². The predicted octanol–water partition coefficient (Wildman–Crippen LogP) is 1.96. The lowest BCUT2D eigenvalue weighted by Gasteiger charge is -2.41. The summed E-state index contributed by atoms with van der Waals surface area (Å²) >= 11 is 0. The smallest absolute Gasteiger partial charge is 0.410 e. The van der Waals surface area contributed by atoms with E-state index < -0.39 is 5.60 Å². The van der Waals surface area contributed by atoms with Crippen LogP contribution in [0.25, 0.3) is 12.8 Å². The van der Waals surface area contributed by atoms with Gasteiger partial charge in [-0.1, -0.05) is 19.6 Å². The van der Waals surface area contributed by atoms with Crippen LogP contribution >= 0.6 is 0 Å². The molecule has 0 radical (unpaired) electrons. The second-order valence-electron chi connectivity index (χ2n) is 9.59. The second kappa shape index (κ2) is 10.9. The zero-order chi connectivity index (χ0) is 24.1. The number of carbonyl (C=O) groups is 2. The fourth-order valence-corrected chi connectivity index (χ4v) is 3.72. The largest absolute Gasteiger partial charge is 0.444 e. The normalized spacial score (nSPS) is 15.8. The van der Waals surface area contributed by atoms with Gasteiger partial charge in [-0.2, -0.15) is 0 Å². The molecule has 1 aromatic carbocycles. The molecule has 32 heavy (non-hydrogen) atoms. The molecule has 1 heterocycles. The lowest BCUT2D eigenvalue weighted by molar-refractivity contribution is -0.00312. The number of amides is 2. The predicted molar refractivity (Wildman–Crippen MR) is 128 cm³/mol. The molecule has 178 valence electrons. The van der Waals surface area contributed by atoms with Crippen molar-refractivity contribution in [1.29, 1.82) is 0 Å². The third-order valence-corrected chi connectivity index (χ3v) is 5.50. The van der Waals surface area contributed by atoms with Gasteiger partial charge in [0.1, 0.15) is 5.60 Å². The Hall–Kier alpha value is -2.54. The molecular formula is C25H39N3O4. The number of benzene rings is 1. The van der Waals surface area contributed by atoms with E-state index >= 15 is 0 Å². The molecule has 0 aliphatic carbocycles. The van der Waals surface area contributed by atoms with Gasteiger partial charge < -0.3 is 24.6 Å². The molecule has 0 saturated carbocycles. The van der Waals surface area contributed by atoms with Gasteiger partial charge in [-0.05, 0) is 51.0 Å². The minimum Gasteiger partial charge on any atom is -0.444 e. The molecule has 1 unspecified atom stereocenters. The van der Waals surface area contributed by atoms with Crippen LogP contribution in [0.5, 0.6) is 0 Å². The molecule has 1 aliphatic heterocycles. The topological polar surface area (TPSA) is 71.1 Å². The van der Waals surface area contributed by atoms with Crippen molar-refractivity contribution in [3.63, 3.8) is 0 Å². The van der Waals surface area contributed by atoms with Crippen molar-refractivity contribution in [3.8, 4) is 0 Å². The molecule has 7 heteroatoms. The number of nitrogens with one attached hydrogen (secondary N) is 1. The van der Waals surface area contributed by atoms with Crippen LogP contribution in [0.15, 0.2) is 12.1 Å². The highest BCUT2D eigenvalue weighted by Crippen LogP contribution is 2.20. The monoisotopic (exact) mass is 445 g/mol. The van der Waals surface area contributed by atoms with Gasteiger partial charge in [-0.25, -0.2) is 4.79 Å². The molecule has 1 aromatic rings. The molecule has 1 aliphatic rings. The highest BCUT2D eigenvalue weighted by atomic mass is 16.6. The summed E-state index contributed by atoms with van der Waals surface area (Å²) in [5.74, 6) is 0.277. The fourth-order valence-electron chi connectivity index (χ4n) is 3.72. The standard InChI is InChI=1S/C25H39N3O4/c1-9-20-21(23(29)26-12-18(3)31-8)11-10-17(2)22(20)16-27(7)13-19-14-28(15-19)24(30)32-25(4,5)6/h10-11,16,18-19H,2,9,12-15H2,1,3-8H3,(H,26,29)/b22-16+. The maximum Gasteiger partial charge on any atom is 0.410 e. The van der Waals surface area contributed by atoms with E-state index in [4.69, 9.17) is 9.47 Å². The van der Waals surface area contributed by atoms with E-state index in [0.29, 0.717) is 31.1 Å². The number of rotatable bonds is 8. The van der Waals surface area contributed by atoms with Gasteiger partial charge in [0.05, 0.1) is 6.10 Å². The van der Waals surface area contributed by atoms with E-state index in [-0.39, 0.29) is 18.1 Å². The van der Waals surface area contributed by atoms with Gasteiger partial charge in [-0.15, -0.1) is 0 Å². The maximum absolute atomic E-state index is 12.8. The summed E-state index contributed by atoms with van der Waals surface area (Å²) in [5.41, 5.74) is 1.17. The summed E-state index contributed by atoms with van der Waals surface area (Å²) in [7, 11) is 3.64. The molecule has 7 nitrogen and oxygen atoms in total. The van der Waals surface area contributed by atoms with Crippen molar-refractivity contribution in [1.82, 2.24) is 15.1 Å². The van der Waals surface area contributed by atoms with Crippen LogP contribution in [0, 0.1) is 5.92 Å². The van der Waals surface area contributed by atoms with Crippen molar-refractivity contribution in [3.05, 3.63) is 33.7 Å². The number of likely N-dealkylation sites (tertiary alicyclic amines) is 1. The number of carbonyl (C=O) groups excluding carboxylic acids is 2. The fraction of sp³-hybridized carbons (Fsp3) is 0.600. The SMILES string of the molecule is C=c1ccc(C(=O)NCC(C)OC)c(CC)/c1=C/N(C)CC1CN(C(=O)OC(C)(C)C)C1. The number of methoxy groups -OCH3 is 1. The van der Waals surface area contributed by atoms with Crippen LogP contribution in [0.2, 0.25) is 0 Å². The minimum absolute atomic E-state index is 0.0453. The Morgan fingerprint density at radius 3 is 2.56 bits per heavy atom. The molecule has 0 spiro atoms. The first-order chi connectivity index (χ1) is 14.9. The Labute approximate surface area is 192 Å². The van der Waals surface area contributed by atoms with E-state index in [9.17, 15) is 9.59 Å². The summed E-state index contributed by atoms with van der Waals surface area (Å²) in [6.07, 6.45) is 2.49. The highest BCUT2D eigenvalue weighted by molar-refractivity contribution is 5.95. The van der Waals surface area contributed by atoms with Crippen LogP contribution in [0.1, 0.15) is 50.5 Å². The van der Waals surface area contributed by atoms with Crippen LogP contribution in [-0.2, 0) is 15.9 Å². The second-order valence-corrected chi connectivity index (χ2v) is 9.59. The average molecular weight is 446 g/mol. The quantitative estimate of drug-likeness (QED) is 0.662. The third kappa shape index (κ3) is 6.99. The van der Waals surface area contributed by atoms with E-state index in [2.05, 4.69) is 23.0 Å². The molecular weight excluding hydrogens is 406 g/mol. The summed E-state index contributed by atoms with van der Waals surface area (Å²) in [6.45, 7) is 16.4. The molecule has 0 aromatic heterocycles. The third-order valence-electron chi connectivity index (χ3n) is 5.50. The Morgan fingerprint density at radius 2 is 2.00 bits per heavy atom. The maximum atomic E-state index is 12.8. The Bertz CT molecular complexity index is 916. The summed E-state index contributed by atoms with van der Waals surface area (Å²) < 4.78 is 10.6. The summed E-state index contributed by atoms with van der Waals surface area (Å²) in [5, 5.41) is 4.81. The molecule has 1 atom stereocenters. The van der Waals surface area contributed by atoms with Gasteiger partial charge in [0.25, 0.3) is 5.91 Å². The van der Waals surface area contributed by atoms with Crippen LogP contribution < -0.4 is 15.8 Å². The number of hydrogen-bond donors (Lipinski definition) is 1. The Balaban J connectivity index is 2.09. The molecule has 0 bridgehead atoms. The lowest BCUT2D eigenvalue weighted by atomic mass is 9.99. The zero-order valence-electron chi connectivity index (χ0n) is 20.7. The number of ether oxygens (including phenoxy) is 2. The van der Waals surface area contributed by atoms with Crippen LogP contribution in [0.3, 0.4) is 0 Å². The Morgan fingerprint density at radius 1 is 1.34 bits per heavy atom. The minimum atomic E-state index is -0.479. The first-order valence-corrected chi connectivity index (χ1v) is 11.3. The molecule has 1 fully saturated rings. The van der Waals surface area contributed by atoms with Crippen LogP contribution in [-0.4, -0.2) is 73.8 Å². The van der Waals surface area contributed by atoms with Gasteiger partial charge in [0.15, 0.2) is 0 Å². The Kier molecular flexibility index (Phi) is 8.73. The van der Waals surface area contributed by atoms with Crippen molar-refractivity contribution >= 4 is 24.8 Å². The van der Waals surface area contributed by atoms with Crippen molar-refractivity contribution in [2.24, 2.45) is 5.92 Å². The van der Waals surface area contributed by atoms with E-state index in [1.165, 1.54) is 0 Å². The average Bonchev–Trinajstić information content (AvgIpc) is 2.68.